The third-order valence-electron chi connectivity index (χ3n) is 3.61. The molecule has 0 N–H and O–H groups in total. The van der Waals surface area contributed by atoms with E-state index in [1.165, 1.54) is 0 Å². The molecule has 0 amide bonds. The van der Waals surface area contributed by atoms with Gasteiger partial charge in [0, 0.05) is 17.1 Å². The minimum absolute atomic E-state index is 0.696. The molecule has 0 aliphatic heterocycles. The van der Waals surface area contributed by atoms with Crippen LogP contribution < -0.4 is 14.2 Å². The summed E-state index contributed by atoms with van der Waals surface area (Å²) in [5, 5.41) is 2.03. The zero-order chi connectivity index (χ0) is 15.5. The molecular formula is C18H17NO3. The number of ether oxygens (including phenoxy) is 3. The van der Waals surface area contributed by atoms with Gasteiger partial charge >= 0.3 is 0 Å². The highest BCUT2D eigenvalue weighted by Crippen LogP contribution is 2.35. The van der Waals surface area contributed by atoms with E-state index in [1.807, 2.05) is 48.7 Å². The molecule has 3 rings (SSSR count). The largest absolute Gasteiger partial charge is 0.496 e. The van der Waals surface area contributed by atoms with E-state index >= 15 is 0 Å². The fraction of sp³-hybridized carbons (Fsp3) is 0.167. The number of pyridine rings is 1. The molecule has 0 fully saturated rings. The van der Waals surface area contributed by atoms with Gasteiger partial charge in [-0.1, -0.05) is 12.1 Å². The van der Waals surface area contributed by atoms with Crippen LogP contribution in [0.3, 0.4) is 0 Å². The third-order valence-corrected chi connectivity index (χ3v) is 3.61. The molecule has 0 radical (unpaired) electrons. The number of fused-ring (bicyclic) bond motifs is 1. The average molecular weight is 295 g/mol. The van der Waals surface area contributed by atoms with Crippen LogP contribution in [-0.4, -0.2) is 26.3 Å². The van der Waals surface area contributed by atoms with Crippen LogP contribution in [-0.2, 0) is 0 Å². The number of hydrogen-bond donors (Lipinski definition) is 0. The molecular weight excluding hydrogens is 278 g/mol. The maximum absolute atomic E-state index is 5.41. The van der Waals surface area contributed by atoms with E-state index in [-0.39, 0.29) is 0 Å². The Bertz CT molecular complexity index is 815. The maximum atomic E-state index is 5.41. The van der Waals surface area contributed by atoms with Gasteiger partial charge in [0.15, 0.2) is 11.5 Å². The lowest BCUT2D eigenvalue weighted by Gasteiger charge is -2.11. The molecule has 0 aliphatic carbocycles. The van der Waals surface area contributed by atoms with E-state index in [2.05, 4.69) is 4.98 Å². The Morgan fingerprint density at radius 3 is 2.05 bits per heavy atom. The van der Waals surface area contributed by atoms with Crippen molar-refractivity contribution in [1.29, 1.82) is 0 Å². The summed E-state index contributed by atoms with van der Waals surface area (Å²) in [5.41, 5.74) is 1.82. The molecule has 4 heteroatoms. The van der Waals surface area contributed by atoms with Crippen LogP contribution in [0.1, 0.15) is 0 Å². The summed E-state index contributed by atoms with van der Waals surface area (Å²) < 4.78 is 16.1. The Morgan fingerprint density at radius 2 is 1.36 bits per heavy atom. The number of para-hydroxylation sites is 1. The highest BCUT2D eigenvalue weighted by Gasteiger charge is 2.10. The summed E-state index contributed by atoms with van der Waals surface area (Å²) in [6.07, 6.45) is 1.83. The summed E-state index contributed by atoms with van der Waals surface area (Å²) >= 11 is 0. The van der Waals surface area contributed by atoms with Gasteiger partial charge in [-0.05, 0) is 35.7 Å². The molecule has 1 heterocycles. The van der Waals surface area contributed by atoms with Crippen LogP contribution in [0.5, 0.6) is 17.2 Å². The third kappa shape index (κ3) is 2.44. The molecule has 0 atom stereocenters. The molecule has 1 aromatic heterocycles. The van der Waals surface area contributed by atoms with Crippen molar-refractivity contribution in [2.45, 2.75) is 0 Å². The Balaban J connectivity index is 2.17. The fourth-order valence-corrected chi connectivity index (χ4v) is 2.47. The number of hydrogen-bond acceptors (Lipinski definition) is 4. The lowest BCUT2D eigenvalue weighted by molar-refractivity contribution is 0.356. The topological polar surface area (TPSA) is 40.6 Å². The van der Waals surface area contributed by atoms with Crippen LogP contribution in [0.2, 0.25) is 0 Å². The molecule has 0 unspecified atom stereocenters. The first-order valence-corrected chi connectivity index (χ1v) is 6.92. The van der Waals surface area contributed by atoms with Crippen molar-refractivity contribution < 1.29 is 14.2 Å². The van der Waals surface area contributed by atoms with Crippen LogP contribution in [0, 0.1) is 0 Å². The van der Waals surface area contributed by atoms with Gasteiger partial charge < -0.3 is 14.2 Å². The summed E-state index contributed by atoms with van der Waals surface area (Å²) in [6, 6.07) is 13.7. The van der Waals surface area contributed by atoms with Crippen molar-refractivity contribution in [3.05, 3.63) is 48.7 Å². The predicted molar refractivity (Wildman–Crippen MR) is 86.8 cm³/mol. The predicted octanol–water partition coefficient (Wildman–Crippen LogP) is 3.93. The second-order valence-electron chi connectivity index (χ2n) is 4.82. The Labute approximate surface area is 129 Å². The molecule has 3 aromatic rings. The van der Waals surface area contributed by atoms with Gasteiger partial charge in [-0.15, -0.1) is 0 Å². The normalized spacial score (nSPS) is 10.5. The quantitative estimate of drug-likeness (QED) is 0.731. The van der Waals surface area contributed by atoms with E-state index < -0.39 is 0 Å². The minimum atomic E-state index is 0.696. The Hall–Kier alpha value is -2.75. The van der Waals surface area contributed by atoms with Crippen molar-refractivity contribution in [3.8, 4) is 28.5 Å². The molecule has 0 bridgehead atoms. The summed E-state index contributed by atoms with van der Waals surface area (Å²) in [6.45, 7) is 0. The molecule has 4 nitrogen and oxygen atoms in total. The number of aromatic nitrogens is 1. The lowest BCUT2D eigenvalue weighted by Crippen LogP contribution is -1.92. The standard InChI is InChI=1S/C18H17NO3/c1-20-16-7-5-4-6-14(16)15-8-12-9-17(21-2)18(22-3)10-13(12)11-19-15/h4-11H,1-3H3. The van der Waals surface area contributed by atoms with Crippen molar-refractivity contribution in [2.24, 2.45) is 0 Å². The fourth-order valence-electron chi connectivity index (χ4n) is 2.47. The molecule has 0 saturated carbocycles. The molecule has 2 aromatic carbocycles. The maximum Gasteiger partial charge on any atom is 0.161 e. The summed E-state index contributed by atoms with van der Waals surface area (Å²) in [7, 11) is 4.92. The van der Waals surface area contributed by atoms with Crippen LogP contribution in [0.15, 0.2) is 48.7 Å². The average Bonchev–Trinajstić information content (AvgIpc) is 2.59. The van der Waals surface area contributed by atoms with E-state index in [0.717, 1.165) is 27.8 Å². The van der Waals surface area contributed by atoms with Crippen molar-refractivity contribution in [3.63, 3.8) is 0 Å². The zero-order valence-electron chi connectivity index (χ0n) is 12.8. The van der Waals surface area contributed by atoms with E-state index in [4.69, 9.17) is 14.2 Å². The van der Waals surface area contributed by atoms with Gasteiger partial charge in [0.25, 0.3) is 0 Å². The van der Waals surface area contributed by atoms with E-state index in [1.54, 1.807) is 21.3 Å². The first kappa shape index (κ1) is 14.2. The van der Waals surface area contributed by atoms with Gasteiger partial charge in [0.1, 0.15) is 5.75 Å². The van der Waals surface area contributed by atoms with E-state index in [9.17, 15) is 0 Å². The first-order chi connectivity index (χ1) is 10.8. The highest BCUT2D eigenvalue weighted by atomic mass is 16.5. The van der Waals surface area contributed by atoms with Gasteiger partial charge in [-0.2, -0.15) is 0 Å². The number of nitrogens with zero attached hydrogens (tertiary/aromatic N) is 1. The van der Waals surface area contributed by atoms with Crippen molar-refractivity contribution in [2.75, 3.05) is 21.3 Å². The second kappa shape index (κ2) is 5.93. The monoisotopic (exact) mass is 295 g/mol. The molecule has 0 aliphatic rings. The van der Waals surface area contributed by atoms with Crippen LogP contribution in [0.4, 0.5) is 0 Å². The molecule has 22 heavy (non-hydrogen) atoms. The number of rotatable bonds is 4. The SMILES string of the molecule is COc1cc2cnc(-c3ccccc3OC)cc2cc1OC. The van der Waals surface area contributed by atoms with Gasteiger partial charge in [-0.3, -0.25) is 4.98 Å². The highest BCUT2D eigenvalue weighted by molar-refractivity contribution is 5.88. The molecule has 0 spiro atoms. The van der Waals surface area contributed by atoms with Crippen molar-refractivity contribution >= 4 is 10.8 Å². The Kier molecular flexibility index (Phi) is 3.83. The molecule has 112 valence electrons. The second-order valence-corrected chi connectivity index (χ2v) is 4.82. The number of methoxy groups -OCH3 is 3. The van der Waals surface area contributed by atoms with Gasteiger partial charge in [0.2, 0.25) is 0 Å². The minimum Gasteiger partial charge on any atom is -0.496 e. The first-order valence-electron chi connectivity index (χ1n) is 6.92. The molecule has 0 saturated heterocycles. The van der Waals surface area contributed by atoms with Gasteiger partial charge in [-0.25, -0.2) is 0 Å². The summed E-state index contributed by atoms with van der Waals surface area (Å²) in [4.78, 5) is 4.54. The van der Waals surface area contributed by atoms with Crippen molar-refractivity contribution in [1.82, 2.24) is 4.98 Å². The lowest BCUT2D eigenvalue weighted by atomic mass is 10.1. The number of benzene rings is 2. The van der Waals surface area contributed by atoms with Crippen LogP contribution >= 0.6 is 0 Å². The smallest absolute Gasteiger partial charge is 0.161 e. The van der Waals surface area contributed by atoms with E-state index in [0.29, 0.717) is 11.5 Å². The van der Waals surface area contributed by atoms with Gasteiger partial charge in [0.05, 0.1) is 27.0 Å². The zero-order valence-corrected chi connectivity index (χ0v) is 12.8. The van der Waals surface area contributed by atoms with Crippen LogP contribution in [0.25, 0.3) is 22.0 Å². The summed E-state index contributed by atoms with van der Waals surface area (Å²) in [5.74, 6) is 2.20. The Morgan fingerprint density at radius 1 is 0.727 bits per heavy atom.